The van der Waals surface area contributed by atoms with Crippen LogP contribution in [0.15, 0.2) is 90.1 Å². The minimum absolute atomic E-state index is 0.181. The van der Waals surface area contributed by atoms with Crippen LogP contribution in [-0.2, 0) is 14.6 Å². The van der Waals surface area contributed by atoms with E-state index in [9.17, 15) is 8.42 Å². The number of halogens is 1. The van der Waals surface area contributed by atoms with Crippen molar-refractivity contribution in [3.8, 4) is 22.6 Å². The lowest BCUT2D eigenvalue weighted by molar-refractivity contribution is 0.122. The highest BCUT2D eigenvalue weighted by Crippen LogP contribution is 2.43. The zero-order chi connectivity index (χ0) is 28.6. The first-order valence-corrected chi connectivity index (χ1v) is 15.1. The molecule has 0 N–H and O–H groups in total. The molecular weight excluding hydrogens is 541 g/mol. The van der Waals surface area contributed by atoms with E-state index in [4.69, 9.17) is 14.7 Å². The van der Waals surface area contributed by atoms with Gasteiger partial charge in [-0.25, -0.2) is 13.4 Å². The average molecular weight is 570 g/mol. The SMILES string of the molecule is Cc1c(-c2ccccn2)nc2ccccc2c1N(F)c1cc(N2CCOCC2)cnc1-c1ccc(S(C)(=O)=O)cc1. The summed E-state index contributed by atoms with van der Waals surface area (Å²) in [5.41, 5.74) is 4.78. The van der Waals surface area contributed by atoms with Crippen molar-refractivity contribution in [2.45, 2.75) is 11.8 Å². The van der Waals surface area contributed by atoms with Crippen LogP contribution in [0, 0.1) is 6.92 Å². The summed E-state index contributed by atoms with van der Waals surface area (Å²) in [6.07, 6.45) is 4.56. The Balaban J connectivity index is 1.56. The molecule has 3 aromatic heterocycles. The number of pyridine rings is 3. The molecule has 0 unspecified atom stereocenters. The third-order valence-corrected chi connectivity index (χ3v) is 8.33. The molecule has 0 bridgehead atoms. The van der Waals surface area contributed by atoms with Gasteiger partial charge in [0.1, 0.15) is 5.69 Å². The van der Waals surface area contributed by atoms with Crippen LogP contribution in [0.1, 0.15) is 5.56 Å². The summed E-state index contributed by atoms with van der Waals surface area (Å²) in [6.45, 7) is 4.31. The second-order valence-corrected chi connectivity index (χ2v) is 11.9. The van der Waals surface area contributed by atoms with Gasteiger partial charge in [-0.1, -0.05) is 40.9 Å². The Hall–Kier alpha value is -4.41. The van der Waals surface area contributed by atoms with E-state index in [1.165, 1.54) is 12.1 Å². The zero-order valence-electron chi connectivity index (χ0n) is 22.7. The summed E-state index contributed by atoms with van der Waals surface area (Å²) in [4.78, 5) is 16.3. The van der Waals surface area contributed by atoms with Gasteiger partial charge in [-0.3, -0.25) is 9.97 Å². The molecule has 0 amide bonds. The van der Waals surface area contributed by atoms with Gasteiger partial charge < -0.3 is 9.64 Å². The van der Waals surface area contributed by atoms with Crippen molar-refractivity contribution in [1.29, 1.82) is 0 Å². The molecule has 8 nitrogen and oxygen atoms in total. The van der Waals surface area contributed by atoms with Gasteiger partial charge in [0.25, 0.3) is 0 Å². The van der Waals surface area contributed by atoms with Gasteiger partial charge in [0, 0.05) is 42.1 Å². The number of sulfone groups is 1. The molecule has 41 heavy (non-hydrogen) atoms. The van der Waals surface area contributed by atoms with E-state index in [0.29, 0.717) is 76.2 Å². The smallest absolute Gasteiger partial charge is 0.175 e. The first-order chi connectivity index (χ1) is 19.8. The number of hydrogen-bond donors (Lipinski definition) is 0. The summed E-state index contributed by atoms with van der Waals surface area (Å²) in [7, 11) is -3.39. The first-order valence-electron chi connectivity index (χ1n) is 13.2. The number of morpholine rings is 1. The van der Waals surface area contributed by atoms with Gasteiger partial charge in [-0.2, -0.15) is 5.12 Å². The Morgan fingerprint density at radius 2 is 1.66 bits per heavy atom. The summed E-state index contributed by atoms with van der Waals surface area (Å²) in [5.74, 6) is 0. The molecule has 0 saturated carbocycles. The average Bonchev–Trinajstić information content (AvgIpc) is 3.01. The molecule has 0 aliphatic carbocycles. The number of fused-ring (bicyclic) bond motifs is 1. The Morgan fingerprint density at radius 3 is 2.37 bits per heavy atom. The fourth-order valence-electron chi connectivity index (χ4n) is 5.08. The third-order valence-electron chi connectivity index (χ3n) is 7.20. The van der Waals surface area contributed by atoms with Crippen molar-refractivity contribution < 1.29 is 17.6 Å². The molecule has 2 aromatic carbocycles. The van der Waals surface area contributed by atoms with Crippen LogP contribution in [0.3, 0.4) is 0 Å². The molecule has 5 aromatic rings. The molecule has 6 rings (SSSR count). The van der Waals surface area contributed by atoms with Crippen molar-refractivity contribution >= 4 is 37.8 Å². The minimum Gasteiger partial charge on any atom is -0.378 e. The third kappa shape index (κ3) is 5.23. The van der Waals surface area contributed by atoms with Gasteiger partial charge in [0.2, 0.25) is 0 Å². The summed E-state index contributed by atoms with van der Waals surface area (Å²) >= 11 is 0. The number of anilines is 3. The molecule has 10 heteroatoms. The highest BCUT2D eigenvalue weighted by atomic mass is 32.2. The van der Waals surface area contributed by atoms with Crippen molar-refractivity contribution in [2.24, 2.45) is 0 Å². The van der Waals surface area contributed by atoms with E-state index in [0.717, 1.165) is 11.9 Å². The van der Waals surface area contributed by atoms with E-state index >= 15 is 4.48 Å². The summed E-state index contributed by atoms with van der Waals surface area (Å²) < 4.78 is 46.8. The van der Waals surface area contributed by atoms with Crippen molar-refractivity contribution in [1.82, 2.24) is 15.0 Å². The molecule has 0 atom stereocenters. The summed E-state index contributed by atoms with van der Waals surface area (Å²) in [5, 5.41) is 1.31. The topological polar surface area (TPSA) is 88.5 Å². The Labute approximate surface area is 237 Å². The predicted molar refractivity (Wildman–Crippen MR) is 159 cm³/mol. The van der Waals surface area contributed by atoms with Gasteiger partial charge in [-0.15, -0.1) is 0 Å². The number of benzene rings is 2. The molecule has 1 fully saturated rings. The van der Waals surface area contributed by atoms with Gasteiger partial charge in [0.15, 0.2) is 9.84 Å². The molecule has 208 valence electrons. The lowest BCUT2D eigenvalue weighted by atomic mass is 10.0. The number of nitrogens with zero attached hydrogens (tertiary/aromatic N) is 5. The normalized spacial score (nSPS) is 13.9. The fourth-order valence-corrected chi connectivity index (χ4v) is 5.72. The van der Waals surface area contributed by atoms with Crippen molar-refractivity contribution in [3.63, 3.8) is 0 Å². The Morgan fingerprint density at radius 1 is 0.927 bits per heavy atom. The number of ether oxygens (including phenoxy) is 1. The summed E-state index contributed by atoms with van der Waals surface area (Å²) in [6, 6.07) is 21.1. The Bertz CT molecular complexity index is 1830. The van der Waals surface area contributed by atoms with Gasteiger partial charge in [-0.05, 0) is 43.3 Å². The maximum Gasteiger partial charge on any atom is 0.175 e. The minimum atomic E-state index is -3.39. The van der Waals surface area contributed by atoms with Crippen molar-refractivity contribution in [2.75, 3.05) is 42.6 Å². The van der Waals surface area contributed by atoms with Crippen LogP contribution in [0.5, 0.6) is 0 Å². The number of aromatic nitrogens is 3. The van der Waals surface area contributed by atoms with Crippen LogP contribution < -0.4 is 10.0 Å². The lowest BCUT2D eigenvalue weighted by Gasteiger charge is -2.30. The Kier molecular flexibility index (Phi) is 7.10. The van der Waals surface area contributed by atoms with E-state index in [-0.39, 0.29) is 10.6 Å². The van der Waals surface area contributed by atoms with E-state index < -0.39 is 9.84 Å². The highest BCUT2D eigenvalue weighted by molar-refractivity contribution is 7.90. The lowest BCUT2D eigenvalue weighted by Crippen LogP contribution is -2.36. The first kappa shape index (κ1) is 26.8. The van der Waals surface area contributed by atoms with Crippen molar-refractivity contribution in [3.05, 3.63) is 90.8 Å². The fraction of sp³-hybridized carbons (Fsp3) is 0.194. The number of hydrogen-bond acceptors (Lipinski definition) is 8. The van der Waals surface area contributed by atoms with Gasteiger partial charge >= 0.3 is 0 Å². The molecule has 1 aliphatic rings. The standard InChI is InChI=1S/C31H28FN5O3S/c1-21-29(27-9-5-6-14-33-27)35-26-8-4-3-7-25(26)31(21)37(32)28-19-23(36-15-17-40-18-16-36)20-34-30(28)22-10-12-24(13-11-22)41(2,38)39/h3-14,19-20H,15-18H2,1-2H3. The molecule has 4 heterocycles. The molecule has 1 saturated heterocycles. The number of para-hydroxylation sites is 1. The maximum atomic E-state index is 17.1. The quantitative estimate of drug-likeness (QED) is 0.233. The predicted octanol–water partition coefficient (Wildman–Crippen LogP) is 5.93. The zero-order valence-corrected chi connectivity index (χ0v) is 23.5. The van der Waals surface area contributed by atoms with Crippen LogP contribution in [-0.4, -0.2) is 55.9 Å². The second-order valence-electron chi connectivity index (χ2n) is 9.90. The van der Waals surface area contributed by atoms with E-state index in [1.807, 2.05) is 49.4 Å². The maximum absolute atomic E-state index is 17.1. The van der Waals surface area contributed by atoms with Crippen LogP contribution >= 0.6 is 0 Å². The second kappa shape index (κ2) is 10.9. The van der Waals surface area contributed by atoms with Crippen LogP contribution in [0.2, 0.25) is 0 Å². The number of rotatable bonds is 6. The molecule has 0 radical (unpaired) electrons. The van der Waals surface area contributed by atoms with E-state index in [1.54, 1.807) is 30.6 Å². The van der Waals surface area contributed by atoms with Crippen LogP contribution in [0.25, 0.3) is 33.5 Å². The van der Waals surface area contributed by atoms with Gasteiger partial charge in [0.05, 0.1) is 58.3 Å². The molecule has 1 aliphatic heterocycles. The largest absolute Gasteiger partial charge is 0.378 e. The highest BCUT2D eigenvalue weighted by Gasteiger charge is 2.25. The van der Waals surface area contributed by atoms with E-state index in [2.05, 4.69) is 9.88 Å². The van der Waals surface area contributed by atoms with Crippen LogP contribution in [0.4, 0.5) is 21.5 Å². The monoisotopic (exact) mass is 569 g/mol. The molecule has 0 spiro atoms. The molecular formula is C31H28FN5O3S.